The molecule has 0 aliphatic rings. The average molecular weight is 153 g/mol. The molecule has 1 rings (SSSR count). The Morgan fingerprint density at radius 2 is 2.09 bits per heavy atom. The van der Waals surface area contributed by atoms with Gasteiger partial charge in [0.15, 0.2) is 17.3 Å². The molecule has 0 amide bonds. The van der Waals surface area contributed by atoms with Crippen LogP contribution in [0.5, 0.6) is 0 Å². The van der Waals surface area contributed by atoms with Gasteiger partial charge in [0.2, 0.25) is 0 Å². The van der Waals surface area contributed by atoms with Crippen molar-refractivity contribution in [2.75, 3.05) is 5.73 Å². The summed E-state index contributed by atoms with van der Waals surface area (Å²) < 4.78 is 0. The molecule has 0 aliphatic carbocycles. The zero-order valence-corrected chi connectivity index (χ0v) is 5.60. The standard InChI is InChI=1S/C5H7N5O/c6-4-3(5(7)10-11)8-1-2-9-4/h1-2,11H,(H2,6,9)(H2,7,10). The first-order chi connectivity index (χ1) is 5.25. The van der Waals surface area contributed by atoms with Crippen LogP contribution in [0.3, 0.4) is 0 Å². The minimum Gasteiger partial charge on any atom is -0.409 e. The summed E-state index contributed by atoms with van der Waals surface area (Å²) in [5.41, 5.74) is 10.8. The van der Waals surface area contributed by atoms with Crippen molar-refractivity contribution < 1.29 is 5.21 Å². The number of oxime groups is 1. The number of anilines is 1. The molecule has 1 heterocycles. The summed E-state index contributed by atoms with van der Waals surface area (Å²) in [5.74, 6) is -0.00148. The van der Waals surface area contributed by atoms with E-state index in [0.29, 0.717) is 0 Å². The second-order valence-electron chi connectivity index (χ2n) is 1.78. The van der Waals surface area contributed by atoms with Gasteiger partial charge in [0, 0.05) is 12.4 Å². The van der Waals surface area contributed by atoms with Crippen LogP contribution < -0.4 is 11.5 Å². The number of amidine groups is 1. The Bertz CT molecular complexity index is 284. The van der Waals surface area contributed by atoms with Gasteiger partial charge in [-0.05, 0) is 0 Å². The molecule has 0 saturated carbocycles. The van der Waals surface area contributed by atoms with Crippen LogP contribution >= 0.6 is 0 Å². The third-order valence-corrected chi connectivity index (χ3v) is 1.08. The van der Waals surface area contributed by atoms with Crippen molar-refractivity contribution in [2.45, 2.75) is 0 Å². The summed E-state index contributed by atoms with van der Waals surface area (Å²) in [5, 5.41) is 11.0. The smallest absolute Gasteiger partial charge is 0.192 e. The van der Waals surface area contributed by atoms with Crippen LogP contribution in [-0.4, -0.2) is 21.0 Å². The second kappa shape index (κ2) is 2.82. The van der Waals surface area contributed by atoms with Crippen LogP contribution in [0.2, 0.25) is 0 Å². The highest BCUT2D eigenvalue weighted by molar-refractivity contribution is 5.98. The number of hydrogen-bond donors (Lipinski definition) is 3. The number of rotatable bonds is 1. The van der Waals surface area contributed by atoms with Crippen LogP contribution in [-0.2, 0) is 0 Å². The van der Waals surface area contributed by atoms with Crippen LogP contribution in [0.15, 0.2) is 17.5 Å². The number of hydrogen-bond acceptors (Lipinski definition) is 5. The van der Waals surface area contributed by atoms with Gasteiger partial charge in [-0.1, -0.05) is 5.16 Å². The van der Waals surface area contributed by atoms with Crippen LogP contribution in [0.1, 0.15) is 5.69 Å². The molecular weight excluding hydrogens is 146 g/mol. The van der Waals surface area contributed by atoms with E-state index in [2.05, 4.69) is 15.1 Å². The Hall–Kier alpha value is -1.85. The maximum absolute atomic E-state index is 8.25. The minimum atomic E-state index is -0.143. The van der Waals surface area contributed by atoms with E-state index < -0.39 is 0 Å². The Kier molecular flexibility index (Phi) is 1.86. The predicted molar refractivity (Wildman–Crippen MR) is 39.0 cm³/mol. The topological polar surface area (TPSA) is 110 Å². The third-order valence-electron chi connectivity index (χ3n) is 1.08. The highest BCUT2D eigenvalue weighted by Gasteiger charge is 2.04. The fourth-order valence-electron chi connectivity index (χ4n) is 0.593. The molecule has 0 fully saturated rings. The fraction of sp³-hybridized carbons (Fsp3) is 0. The van der Waals surface area contributed by atoms with Gasteiger partial charge in [-0.3, -0.25) is 0 Å². The lowest BCUT2D eigenvalue weighted by atomic mass is 10.4. The number of nitrogen functional groups attached to an aromatic ring is 1. The third kappa shape index (κ3) is 1.34. The SMILES string of the molecule is NC(=NO)c1nccnc1N. The molecule has 0 aromatic carbocycles. The summed E-state index contributed by atoms with van der Waals surface area (Å²) in [6.07, 6.45) is 2.83. The van der Waals surface area contributed by atoms with E-state index >= 15 is 0 Å². The van der Waals surface area contributed by atoms with E-state index in [-0.39, 0.29) is 17.3 Å². The number of nitrogens with two attached hydrogens (primary N) is 2. The molecule has 5 N–H and O–H groups in total. The molecular formula is C5H7N5O. The highest BCUT2D eigenvalue weighted by atomic mass is 16.4. The summed E-state index contributed by atoms with van der Waals surface area (Å²) in [6, 6.07) is 0. The lowest BCUT2D eigenvalue weighted by Crippen LogP contribution is -2.17. The molecule has 0 unspecified atom stereocenters. The molecule has 1 aromatic heterocycles. The summed E-state index contributed by atoms with van der Waals surface area (Å²) >= 11 is 0. The average Bonchev–Trinajstić information content (AvgIpc) is 2.04. The van der Waals surface area contributed by atoms with Gasteiger partial charge in [-0.25, -0.2) is 9.97 Å². The zero-order valence-electron chi connectivity index (χ0n) is 5.60. The Morgan fingerprint density at radius 3 is 2.64 bits per heavy atom. The lowest BCUT2D eigenvalue weighted by molar-refractivity contribution is 0.318. The molecule has 6 nitrogen and oxygen atoms in total. The summed E-state index contributed by atoms with van der Waals surface area (Å²) in [4.78, 5) is 7.44. The summed E-state index contributed by atoms with van der Waals surface area (Å²) in [6.45, 7) is 0. The molecule has 0 spiro atoms. The van der Waals surface area contributed by atoms with Crippen molar-refractivity contribution in [3.63, 3.8) is 0 Å². The van der Waals surface area contributed by atoms with Gasteiger partial charge in [0.25, 0.3) is 0 Å². The maximum Gasteiger partial charge on any atom is 0.192 e. The monoisotopic (exact) mass is 153 g/mol. The Labute approximate surface area is 62.6 Å². The van der Waals surface area contributed by atoms with E-state index in [9.17, 15) is 0 Å². The molecule has 1 aromatic rings. The van der Waals surface area contributed by atoms with Crippen molar-refractivity contribution in [1.29, 1.82) is 0 Å². The maximum atomic E-state index is 8.25. The molecule has 0 bridgehead atoms. The minimum absolute atomic E-state index is 0.141. The van der Waals surface area contributed by atoms with E-state index in [1.807, 2.05) is 0 Å². The van der Waals surface area contributed by atoms with Crippen molar-refractivity contribution in [1.82, 2.24) is 9.97 Å². The summed E-state index contributed by atoms with van der Waals surface area (Å²) in [7, 11) is 0. The van der Waals surface area contributed by atoms with Gasteiger partial charge in [-0.15, -0.1) is 0 Å². The van der Waals surface area contributed by atoms with E-state index in [4.69, 9.17) is 16.7 Å². The van der Waals surface area contributed by atoms with Crippen molar-refractivity contribution >= 4 is 11.7 Å². The zero-order chi connectivity index (χ0) is 8.27. The molecule has 6 heteroatoms. The second-order valence-corrected chi connectivity index (χ2v) is 1.78. The number of nitrogens with zero attached hydrogens (tertiary/aromatic N) is 3. The van der Waals surface area contributed by atoms with Gasteiger partial charge in [-0.2, -0.15) is 0 Å². The van der Waals surface area contributed by atoms with Crippen molar-refractivity contribution in [3.8, 4) is 0 Å². The highest BCUT2D eigenvalue weighted by Crippen LogP contribution is 2.00. The van der Waals surface area contributed by atoms with Gasteiger partial charge < -0.3 is 16.7 Å². The molecule has 0 atom stereocenters. The van der Waals surface area contributed by atoms with E-state index in [1.54, 1.807) is 0 Å². The molecule has 58 valence electrons. The van der Waals surface area contributed by atoms with E-state index in [0.717, 1.165) is 0 Å². The van der Waals surface area contributed by atoms with Gasteiger partial charge >= 0.3 is 0 Å². The van der Waals surface area contributed by atoms with Gasteiger partial charge in [0.1, 0.15) is 0 Å². The fourth-order valence-corrected chi connectivity index (χ4v) is 0.593. The lowest BCUT2D eigenvalue weighted by Gasteiger charge is -1.98. The normalized spacial score (nSPS) is 11.5. The van der Waals surface area contributed by atoms with Gasteiger partial charge in [0.05, 0.1) is 0 Å². The van der Waals surface area contributed by atoms with Crippen molar-refractivity contribution in [2.24, 2.45) is 10.9 Å². The first kappa shape index (κ1) is 7.26. The molecule has 11 heavy (non-hydrogen) atoms. The Balaban J connectivity index is 3.14. The quantitative estimate of drug-likeness (QED) is 0.211. The number of aromatic nitrogens is 2. The molecule has 0 radical (unpaired) electrons. The van der Waals surface area contributed by atoms with Crippen LogP contribution in [0.25, 0.3) is 0 Å². The van der Waals surface area contributed by atoms with Crippen LogP contribution in [0.4, 0.5) is 5.82 Å². The van der Waals surface area contributed by atoms with Crippen molar-refractivity contribution in [3.05, 3.63) is 18.1 Å². The largest absolute Gasteiger partial charge is 0.409 e. The first-order valence-electron chi connectivity index (χ1n) is 2.80. The predicted octanol–water partition coefficient (Wildman–Crippen LogP) is -0.847. The van der Waals surface area contributed by atoms with E-state index in [1.165, 1.54) is 12.4 Å². The first-order valence-corrected chi connectivity index (χ1v) is 2.80. The molecule has 0 saturated heterocycles. The Morgan fingerprint density at radius 1 is 1.45 bits per heavy atom. The van der Waals surface area contributed by atoms with Crippen LogP contribution in [0, 0.1) is 0 Å². The molecule has 0 aliphatic heterocycles.